The molecule has 0 atom stereocenters. The van der Waals surface area contributed by atoms with Crippen molar-refractivity contribution in [3.8, 4) is 0 Å². The Morgan fingerprint density at radius 1 is 0.816 bits per heavy atom. The molecule has 0 unspecified atom stereocenters. The molecule has 4 heterocycles. The van der Waals surface area contributed by atoms with Gasteiger partial charge in [0.05, 0.1) is 11.1 Å². The average molecular weight is 525 g/mol. The second-order valence-corrected chi connectivity index (χ2v) is 9.73. The van der Waals surface area contributed by atoms with E-state index in [1.807, 2.05) is 26.0 Å². The summed E-state index contributed by atoms with van der Waals surface area (Å²) in [6.45, 7) is 2.86. The van der Waals surface area contributed by atoms with Gasteiger partial charge in [-0.3, -0.25) is 4.68 Å². The Kier molecular flexibility index (Phi) is 7.00. The summed E-state index contributed by atoms with van der Waals surface area (Å²) in [5, 5.41) is 5.31. The highest BCUT2D eigenvalue weighted by atomic mass is 16.4. The van der Waals surface area contributed by atoms with E-state index in [0.717, 1.165) is 56.7 Å². The van der Waals surface area contributed by atoms with E-state index in [4.69, 9.17) is 22.8 Å². The van der Waals surface area contributed by atoms with Gasteiger partial charge in [-0.2, -0.15) is 5.10 Å². The second kappa shape index (κ2) is 10.4. The highest BCUT2D eigenvalue weighted by Gasteiger charge is 2.29. The van der Waals surface area contributed by atoms with Crippen molar-refractivity contribution in [2.75, 3.05) is 40.8 Å². The van der Waals surface area contributed by atoms with E-state index in [2.05, 4.69) is 4.90 Å². The number of likely N-dealkylation sites (tertiary alicyclic amines) is 1. The number of benzene rings is 1. The fraction of sp³-hybridized carbons (Fsp3) is 0.423. The zero-order chi connectivity index (χ0) is 27.0. The standard InChI is InChI=1S/C26H28N4O8/c1-28(2)11-4-12-30-22-20(21(27-30)15-9-13-29(3)14-10-15)23-25(37-18(33)7-5-16(31)35-23)26-24(22)36-17(32)6-8-19(34)38-26/h5-8,15H,4,9-14H2,1-3H3. The number of hydrogen-bond acceptors (Lipinski definition) is 11. The Bertz CT molecular complexity index is 1800. The summed E-state index contributed by atoms with van der Waals surface area (Å²) in [6.07, 6.45) is 2.28. The lowest BCUT2D eigenvalue weighted by molar-refractivity contribution is 0.253. The third-order valence-electron chi connectivity index (χ3n) is 6.64. The average Bonchev–Trinajstić information content (AvgIpc) is 3.23. The summed E-state index contributed by atoms with van der Waals surface area (Å²) < 4.78 is 24.0. The van der Waals surface area contributed by atoms with Crippen LogP contribution in [0.1, 0.15) is 30.9 Å². The number of aryl methyl sites for hydroxylation is 1. The van der Waals surface area contributed by atoms with E-state index in [0.29, 0.717) is 29.6 Å². The highest BCUT2D eigenvalue weighted by molar-refractivity contribution is 6.17. The molecule has 0 spiro atoms. The molecule has 1 aromatic carbocycles. The minimum absolute atomic E-state index is 0.00645. The molecular formula is C26H28N4O8. The fourth-order valence-electron chi connectivity index (χ4n) is 4.82. The number of fused-ring (bicyclic) bond motifs is 6. The first-order valence-corrected chi connectivity index (χ1v) is 12.4. The zero-order valence-corrected chi connectivity index (χ0v) is 21.4. The van der Waals surface area contributed by atoms with Gasteiger partial charge in [-0.05, 0) is 60.0 Å². The molecule has 12 heteroatoms. The van der Waals surface area contributed by atoms with E-state index >= 15 is 0 Å². The van der Waals surface area contributed by atoms with Crippen molar-refractivity contribution in [3.63, 3.8) is 0 Å². The maximum Gasteiger partial charge on any atom is 0.336 e. The van der Waals surface area contributed by atoms with Gasteiger partial charge in [0.2, 0.25) is 16.7 Å². The van der Waals surface area contributed by atoms with Gasteiger partial charge in [-0.25, -0.2) is 19.2 Å². The maximum atomic E-state index is 12.6. The molecule has 5 rings (SSSR count). The molecule has 0 aliphatic carbocycles. The molecule has 1 aliphatic rings. The van der Waals surface area contributed by atoms with Crippen molar-refractivity contribution in [1.82, 2.24) is 19.6 Å². The lowest BCUT2D eigenvalue weighted by atomic mass is 9.91. The van der Waals surface area contributed by atoms with Gasteiger partial charge in [0.15, 0.2) is 5.58 Å². The fourth-order valence-corrected chi connectivity index (χ4v) is 4.82. The molecule has 1 saturated heterocycles. The summed E-state index contributed by atoms with van der Waals surface area (Å²) in [5.74, 6) is -0.00645. The predicted octanol–water partition coefficient (Wildman–Crippen LogP) is 2.04. The molecule has 3 aromatic heterocycles. The molecule has 0 radical (unpaired) electrons. The van der Waals surface area contributed by atoms with Crippen LogP contribution in [0.3, 0.4) is 0 Å². The number of piperidine rings is 1. The first-order valence-electron chi connectivity index (χ1n) is 12.4. The van der Waals surface area contributed by atoms with Crippen LogP contribution in [-0.2, 0) is 6.54 Å². The van der Waals surface area contributed by atoms with Crippen LogP contribution in [0.5, 0.6) is 0 Å². The van der Waals surface area contributed by atoms with Crippen LogP contribution in [0.15, 0.2) is 61.1 Å². The molecule has 4 aromatic rings. The van der Waals surface area contributed by atoms with E-state index in [9.17, 15) is 19.2 Å². The van der Waals surface area contributed by atoms with Crippen molar-refractivity contribution >= 4 is 33.2 Å². The Labute approximate surface area is 215 Å². The van der Waals surface area contributed by atoms with E-state index in [1.54, 1.807) is 4.68 Å². The molecule has 0 amide bonds. The van der Waals surface area contributed by atoms with Crippen LogP contribution >= 0.6 is 0 Å². The molecule has 200 valence electrons. The molecule has 38 heavy (non-hydrogen) atoms. The van der Waals surface area contributed by atoms with Crippen LogP contribution in [0, 0.1) is 0 Å². The van der Waals surface area contributed by atoms with Crippen LogP contribution < -0.4 is 22.5 Å². The molecular weight excluding hydrogens is 496 g/mol. The minimum Gasteiger partial charge on any atom is -0.418 e. The van der Waals surface area contributed by atoms with Gasteiger partial charge >= 0.3 is 22.5 Å². The number of rotatable bonds is 5. The van der Waals surface area contributed by atoms with Crippen LogP contribution in [-0.4, -0.2) is 60.4 Å². The first kappa shape index (κ1) is 25.6. The smallest absolute Gasteiger partial charge is 0.336 e. The molecule has 1 aliphatic heterocycles. The summed E-state index contributed by atoms with van der Waals surface area (Å²) in [5.41, 5.74) is -3.37. The molecule has 12 nitrogen and oxygen atoms in total. The minimum atomic E-state index is -0.890. The van der Waals surface area contributed by atoms with Crippen molar-refractivity contribution < 1.29 is 17.7 Å². The van der Waals surface area contributed by atoms with Gasteiger partial charge in [-0.1, -0.05) is 0 Å². The Morgan fingerprint density at radius 2 is 1.32 bits per heavy atom. The largest absolute Gasteiger partial charge is 0.418 e. The van der Waals surface area contributed by atoms with Gasteiger partial charge in [0.25, 0.3) is 0 Å². The summed E-state index contributed by atoms with van der Waals surface area (Å²) in [7, 11) is 5.96. The first-order chi connectivity index (χ1) is 18.2. The SMILES string of the molecule is CN(C)CCCn1nc(C2CCN(C)CC2)c2c3oc(=O)ccc(=O)oc3c3oc(=O)ccc(=O)oc3c21. The lowest BCUT2D eigenvalue weighted by Gasteiger charge is -2.28. The van der Waals surface area contributed by atoms with E-state index in [-0.39, 0.29) is 28.2 Å². The van der Waals surface area contributed by atoms with Crippen molar-refractivity contribution in [2.24, 2.45) is 0 Å². The van der Waals surface area contributed by atoms with Crippen molar-refractivity contribution in [3.05, 3.63) is 71.6 Å². The van der Waals surface area contributed by atoms with E-state index < -0.39 is 22.5 Å². The number of hydrogen-bond donors (Lipinski definition) is 0. The summed E-state index contributed by atoms with van der Waals surface area (Å²) in [4.78, 5) is 54.4. The van der Waals surface area contributed by atoms with Gasteiger partial charge in [-0.15, -0.1) is 0 Å². The normalized spacial score (nSPS) is 15.1. The maximum absolute atomic E-state index is 12.6. The Balaban J connectivity index is 2.02. The third kappa shape index (κ3) is 5.04. The lowest BCUT2D eigenvalue weighted by Crippen LogP contribution is -2.29. The van der Waals surface area contributed by atoms with Crippen LogP contribution in [0.2, 0.25) is 0 Å². The topological polar surface area (TPSA) is 145 Å². The predicted molar refractivity (Wildman–Crippen MR) is 139 cm³/mol. The van der Waals surface area contributed by atoms with E-state index in [1.165, 1.54) is 0 Å². The second-order valence-electron chi connectivity index (χ2n) is 9.73. The Morgan fingerprint density at radius 3 is 1.87 bits per heavy atom. The summed E-state index contributed by atoms with van der Waals surface area (Å²) in [6, 6.07) is 3.71. The van der Waals surface area contributed by atoms with Gasteiger partial charge in [0.1, 0.15) is 5.52 Å². The quantitative estimate of drug-likeness (QED) is 0.378. The van der Waals surface area contributed by atoms with Crippen molar-refractivity contribution in [2.45, 2.75) is 31.7 Å². The van der Waals surface area contributed by atoms with Gasteiger partial charge < -0.3 is 27.5 Å². The molecule has 0 saturated carbocycles. The number of aromatic nitrogens is 2. The monoisotopic (exact) mass is 524 g/mol. The molecule has 0 bridgehead atoms. The Hall–Kier alpha value is -4.03. The molecule has 0 N–H and O–H groups in total. The summed E-state index contributed by atoms with van der Waals surface area (Å²) >= 11 is 0. The van der Waals surface area contributed by atoms with Crippen LogP contribution in [0.25, 0.3) is 33.2 Å². The van der Waals surface area contributed by atoms with Crippen LogP contribution in [0.4, 0.5) is 0 Å². The van der Waals surface area contributed by atoms with Crippen molar-refractivity contribution in [1.29, 1.82) is 0 Å². The number of nitrogens with zero attached hydrogens (tertiary/aromatic N) is 4. The molecule has 1 fully saturated rings. The highest BCUT2D eigenvalue weighted by Crippen LogP contribution is 2.39. The third-order valence-corrected chi connectivity index (χ3v) is 6.64. The van der Waals surface area contributed by atoms with Gasteiger partial charge in [0, 0.05) is 36.7 Å². The zero-order valence-electron chi connectivity index (χ0n) is 21.4.